The Balaban J connectivity index is 1.69. The molecule has 126 valence electrons. The molecule has 1 unspecified atom stereocenters. The van der Waals surface area contributed by atoms with Crippen LogP contribution >= 0.6 is 0 Å². The van der Waals surface area contributed by atoms with E-state index in [2.05, 4.69) is 38.4 Å². The van der Waals surface area contributed by atoms with Gasteiger partial charge in [0.15, 0.2) is 11.8 Å². The van der Waals surface area contributed by atoms with Crippen LogP contribution in [0.15, 0.2) is 4.99 Å². The zero-order valence-corrected chi connectivity index (χ0v) is 13.7. The van der Waals surface area contributed by atoms with E-state index in [1.54, 1.807) is 0 Å². The first-order valence-corrected chi connectivity index (χ1v) is 8.16. The molecular formula is C15H26N8. The summed E-state index contributed by atoms with van der Waals surface area (Å²) in [7, 11) is 0. The number of likely N-dealkylation sites (N-methyl/N-ethyl adjacent to an activating group) is 1. The molecule has 0 amide bonds. The Morgan fingerprint density at radius 1 is 1.61 bits per heavy atom. The van der Waals surface area contributed by atoms with Crippen molar-refractivity contribution < 1.29 is 0 Å². The summed E-state index contributed by atoms with van der Waals surface area (Å²) in [5.74, 6) is 0.742. The van der Waals surface area contributed by atoms with Gasteiger partial charge in [-0.3, -0.25) is 15.0 Å². The van der Waals surface area contributed by atoms with Crippen molar-refractivity contribution in [3.63, 3.8) is 0 Å². The monoisotopic (exact) mass is 318 g/mol. The van der Waals surface area contributed by atoms with Crippen LogP contribution in [0.3, 0.4) is 0 Å². The van der Waals surface area contributed by atoms with Crippen LogP contribution in [0.2, 0.25) is 0 Å². The summed E-state index contributed by atoms with van der Waals surface area (Å²) in [5, 5.41) is 18.8. The normalized spacial score (nSPS) is 19.0. The molecule has 2 rings (SSSR count). The molecule has 0 spiro atoms. The number of hydrogen-bond acceptors (Lipinski definition) is 5. The summed E-state index contributed by atoms with van der Waals surface area (Å²) in [6, 6.07) is 2.58. The average Bonchev–Trinajstić information content (AvgIpc) is 3.15. The van der Waals surface area contributed by atoms with Gasteiger partial charge in [-0.2, -0.15) is 10.4 Å². The number of likely N-dealkylation sites (tertiary alicyclic amines) is 1. The quantitative estimate of drug-likeness (QED) is 0.322. The highest BCUT2D eigenvalue weighted by molar-refractivity contribution is 5.77. The fraction of sp³-hybridized carbons (Fsp3) is 0.667. The van der Waals surface area contributed by atoms with Gasteiger partial charge in [0.25, 0.3) is 0 Å². The van der Waals surface area contributed by atoms with E-state index >= 15 is 0 Å². The molecule has 1 fully saturated rings. The SMILES string of the molecule is CCN1CCCC1CN=C(N)NCCCc1[nH]nc(N)c1C#N. The van der Waals surface area contributed by atoms with Gasteiger partial charge < -0.3 is 16.8 Å². The van der Waals surface area contributed by atoms with Gasteiger partial charge in [0.1, 0.15) is 11.6 Å². The topological polar surface area (TPSA) is 132 Å². The molecule has 6 N–H and O–H groups in total. The molecule has 23 heavy (non-hydrogen) atoms. The number of nitrogens with one attached hydrogen (secondary N) is 2. The molecule has 1 atom stereocenters. The molecular weight excluding hydrogens is 292 g/mol. The van der Waals surface area contributed by atoms with Crippen molar-refractivity contribution in [2.45, 2.75) is 38.6 Å². The minimum atomic E-state index is 0.258. The van der Waals surface area contributed by atoms with Crippen molar-refractivity contribution in [1.29, 1.82) is 5.26 Å². The second kappa shape index (κ2) is 8.39. The second-order valence-electron chi connectivity index (χ2n) is 5.76. The fourth-order valence-electron chi connectivity index (χ4n) is 2.96. The number of nitrogen functional groups attached to an aromatic ring is 1. The van der Waals surface area contributed by atoms with E-state index in [4.69, 9.17) is 16.7 Å². The highest BCUT2D eigenvalue weighted by Crippen LogP contribution is 2.16. The summed E-state index contributed by atoms with van der Waals surface area (Å²) in [5.41, 5.74) is 12.7. The Bertz CT molecular complexity index is 571. The minimum absolute atomic E-state index is 0.258. The first-order valence-electron chi connectivity index (χ1n) is 8.16. The molecule has 0 bridgehead atoms. The van der Waals surface area contributed by atoms with Crippen LogP contribution in [-0.2, 0) is 6.42 Å². The van der Waals surface area contributed by atoms with Crippen molar-refractivity contribution in [2.75, 3.05) is 31.9 Å². The number of hydrogen-bond donors (Lipinski definition) is 4. The largest absolute Gasteiger partial charge is 0.381 e. The van der Waals surface area contributed by atoms with Crippen molar-refractivity contribution in [3.05, 3.63) is 11.3 Å². The third kappa shape index (κ3) is 4.60. The first kappa shape index (κ1) is 17.1. The molecule has 0 radical (unpaired) electrons. The lowest BCUT2D eigenvalue weighted by molar-refractivity contribution is 0.273. The van der Waals surface area contributed by atoms with E-state index in [9.17, 15) is 0 Å². The summed E-state index contributed by atoms with van der Waals surface area (Å²) < 4.78 is 0. The molecule has 8 nitrogen and oxygen atoms in total. The van der Waals surface area contributed by atoms with E-state index in [-0.39, 0.29) is 5.82 Å². The van der Waals surface area contributed by atoms with Gasteiger partial charge in [-0.1, -0.05) is 6.92 Å². The number of aromatic nitrogens is 2. The summed E-state index contributed by atoms with van der Waals surface area (Å²) in [6.45, 7) is 5.87. The number of guanidine groups is 1. The third-order valence-corrected chi connectivity index (χ3v) is 4.27. The Morgan fingerprint density at radius 3 is 3.17 bits per heavy atom. The van der Waals surface area contributed by atoms with E-state index in [0.717, 1.165) is 25.2 Å². The fourth-order valence-corrected chi connectivity index (χ4v) is 2.96. The average molecular weight is 318 g/mol. The number of aryl methyl sites for hydroxylation is 1. The van der Waals surface area contributed by atoms with E-state index in [1.165, 1.54) is 19.4 Å². The standard InChI is InChI=1S/C15H26N8/c1-2-23-8-4-5-11(23)10-20-15(18)19-7-3-6-13-12(9-16)14(17)22-21-13/h11H,2-8,10H2,1H3,(H3,17,21,22)(H3,18,19,20). The van der Waals surface area contributed by atoms with Crippen LogP contribution in [0.5, 0.6) is 0 Å². The predicted octanol–water partition coefficient (Wildman–Crippen LogP) is 0.185. The van der Waals surface area contributed by atoms with Crippen molar-refractivity contribution >= 4 is 11.8 Å². The van der Waals surface area contributed by atoms with Gasteiger partial charge in [-0.05, 0) is 38.8 Å². The molecule has 0 aliphatic carbocycles. The molecule has 0 saturated carbocycles. The van der Waals surface area contributed by atoms with Gasteiger partial charge in [0, 0.05) is 12.6 Å². The number of H-pyrrole nitrogens is 1. The number of aliphatic imine (C=N–C) groups is 1. The van der Waals surface area contributed by atoms with Gasteiger partial charge in [-0.25, -0.2) is 0 Å². The number of aromatic amines is 1. The maximum absolute atomic E-state index is 9.00. The molecule has 1 aromatic heterocycles. The summed E-state index contributed by atoms with van der Waals surface area (Å²) >= 11 is 0. The van der Waals surface area contributed by atoms with Crippen molar-refractivity contribution in [3.8, 4) is 6.07 Å². The highest BCUT2D eigenvalue weighted by Gasteiger charge is 2.22. The summed E-state index contributed by atoms with van der Waals surface area (Å²) in [4.78, 5) is 6.88. The van der Waals surface area contributed by atoms with Crippen LogP contribution < -0.4 is 16.8 Å². The minimum Gasteiger partial charge on any atom is -0.381 e. The Hall–Kier alpha value is -2.27. The maximum atomic E-state index is 9.00. The number of anilines is 1. The number of nitriles is 1. The van der Waals surface area contributed by atoms with Crippen molar-refractivity contribution in [1.82, 2.24) is 20.4 Å². The van der Waals surface area contributed by atoms with Crippen LogP contribution in [0.1, 0.15) is 37.4 Å². The van der Waals surface area contributed by atoms with Gasteiger partial charge in [0.2, 0.25) is 0 Å². The number of nitrogens with two attached hydrogens (primary N) is 2. The maximum Gasteiger partial charge on any atom is 0.188 e. The van der Waals surface area contributed by atoms with E-state index < -0.39 is 0 Å². The lowest BCUT2D eigenvalue weighted by Crippen LogP contribution is -2.36. The predicted molar refractivity (Wildman–Crippen MR) is 90.8 cm³/mol. The van der Waals surface area contributed by atoms with Crippen LogP contribution in [0.4, 0.5) is 5.82 Å². The number of rotatable bonds is 7. The molecule has 1 aromatic rings. The number of nitrogens with zero attached hydrogens (tertiary/aromatic N) is 4. The molecule has 2 heterocycles. The van der Waals surface area contributed by atoms with Gasteiger partial charge in [-0.15, -0.1) is 0 Å². The second-order valence-corrected chi connectivity index (χ2v) is 5.76. The summed E-state index contributed by atoms with van der Waals surface area (Å²) in [6.07, 6.45) is 3.95. The van der Waals surface area contributed by atoms with Gasteiger partial charge in [0.05, 0.1) is 12.2 Å². The molecule has 1 aliphatic heterocycles. The Morgan fingerprint density at radius 2 is 2.43 bits per heavy atom. The van der Waals surface area contributed by atoms with Crippen LogP contribution in [0.25, 0.3) is 0 Å². The van der Waals surface area contributed by atoms with Gasteiger partial charge >= 0.3 is 0 Å². The molecule has 1 saturated heterocycles. The van der Waals surface area contributed by atoms with E-state index in [1.807, 2.05) is 0 Å². The molecule has 8 heteroatoms. The lowest BCUT2D eigenvalue weighted by atomic mass is 10.1. The lowest BCUT2D eigenvalue weighted by Gasteiger charge is -2.20. The van der Waals surface area contributed by atoms with Crippen molar-refractivity contribution in [2.24, 2.45) is 10.7 Å². The molecule has 1 aliphatic rings. The highest BCUT2D eigenvalue weighted by atomic mass is 15.2. The Kier molecular flexibility index (Phi) is 6.23. The zero-order valence-electron chi connectivity index (χ0n) is 13.7. The Labute approximate surface area is 136 Å². The zero-order chi connectivity index (χ0) is 16.7. The smallest absolute Gasteiger partial charge is 0.188 e. The van der Waals surface area contributed by atoms with Crippen LogP contribution in [-0.4, -0.2) is 53.3 Å². The van der Waals surface area contributed by atoms with Crippen LogP contribution in [0, 0.1) is 11.3 Å². The first-order chi connectivity index (χ1) is 11.2. The van der Waals surface area contributed by atoms with E-state index in [0.29, 0.717) is 30.5 Å². The third-order valence-electron chi connectivity index (χ3n) is 4.27. The molecule has 0 aromatic carbocycles.